The standard InChI is InChI=1S/C49H72O6/c1-4-7-10-13-16-19-22-24-27-30-33-36-39-42-48(51)54-45-46(44-53-47(50)41-38-35-32-29-26-21-18-15-12-9-6-3)55-49(52)43-40-37-34-31-28-25-23-20-17-14-11-8-5-2/h7-8,10-11,13-20,22-25,27-28,30-31,33-34,46H,4-6,9,12,21,26,29,32,35-45H2,1-3H3/b10-7-,11-8-,16-13-,17-14-,18-15-,22-19-,23-20-,27-24-,28-25-,33-30-,34-31-. The quantitative estimate of drug-likeness (QED) is 0.0214. The molecule has 0 amide bonds. The van der Waals surface area contributed by atoms with Crippen molar-refractivity contribution in [3.05, 3.63) is 134 Å². The molecule has 6 heteroatoms. The lowest BCUT2D eigenvalue weighted by Crippen LogP contribution is -2.30. The zero-order chi connectivity index (χ0) is 40.1. The van der Waals surface area contributed by atoms with Gasteiger partial charge in [0, 0.05) is 19.3 Å². The Morgan fingerprint density at radius 2 is 0.745 bits per heavy atom. The molecule has 0 saturated heterocycles. The number of hydrogen-bond donors (Lipinski definition) is 0. The maximum atomic E-state index is 12.6. The van der Waals surface area contributed by atoms with E-state index >= 15 is 0 Å². The topological polar surface area (TPSA) is 78.9 Å². The Morgan fingerprint density at radius 1 is 0.382 bits per heavy atom. The summed E-state index contributed by atoms with van der Waals surface area (Å²) in [6.45, 7) is 6.12. The molecule has 55 heavy (non-hydrogen) atoms. The molecule has 0 aromatic heterocycles. The lowest BCUT2D eigenvalue weighted by molar-refractivity contribution is -0.167. The fraction of sp³-hybridized carbons (Fsp3) is 0.490. The summed E-state index contributed by atoms with van der Waals surface area (Å²) in [6, 6.07) is 0. The van der Waals surface area contributed by atoms with Gasteiger partial charge < -0.3 is 14.2 Å². The fourth-order valence-corrected chi connectivity index (χ4v) is 4.77. The van der Waals surface area contributed by atoms with Crippen LogP contribution in [0.4, 0.5) is 0 Å². The molecular formula is C49H72O6. The molecule has 0 aromatic carbocycles. The number of ether oxygens (including phenoxy) is 3. The maximum Gasteiger partial charge on any atom is 0.306 e. The Labute approximate surface area is 334 Å². The average Bonchev–Trinajstić information content (AvgIpc) is 3.18. The van der Waals surface area contributed by atoms with E-state index in [1.165, 1.54) is 19.3 Å². The van der Waals surface area contributed by atoms with Gasteiger partial charge in [0.05, 0.1) is 0 Å². The van der Waals surface area contributed by atoms with E-state index in [0.29, 0.717) is 25.7 Å². The third-order valence-electron chi connectivity index (χ3n) is 7.88. The summed E-state index contributed by atoms with van der Waals surface area (Å²) in [5, 5.41) is 0. The summed E-state index contributed by atoms with van der Waals surface area (Å²) >= 11 is 0. The summed E-state index contributed by atoms with van der Waals surface area (Å²) in [7, 11) is 0. The molecule has 0 bridgehead atoms. The summed E-state index contributed by atoms with van der Waals surface area (Å²) in [5.74, 6) is -1.12. The molecule has 0 aromatic rings. The minimum Gasteiger partial charge on any atom is -0.462 e. The first-order chi connectivity index (χ1) is 27.0. The van der Waals surface area contributed by atoms with E-state index in [2.05, 4.69) is 45.1 Å². The highest BCUT2D eigenvalue weighted by Crippen LogP contribution is 2.10. The summed E-state index contributed by atoms with van der Waals surface area (Å²) in [4.78, 5) is 37.6. The molecule has 0 aliphatic rings. The Balaban J connectivity index is 4.69. The van der Waals surface area contributed by atoms with Crippen molar-refractivity contribution < 1.29 is 28.6 Å². The van der Waals surface area contributed by atoms with E-state index in [-0.39, 0.29) is 38.0 Å². The molecule has 1 atom stereocenters. The molecule has 0 rings (SSSR count). The van der Waals surface area contributed by atoms with Crippen molar-refractivity contribution in [1.82, 2.24) is 0 Å². The fourth-order valence-electron chi connectivity index (χ4n) is 4.77. The first kappa shape index (κ1) is 50.5. The van der Waals surface area contributed by atoms with Crippen molar-refractivity contribution in [2.75, 3.05) is 13.2 Å². The summed E-state index contributed by atoms with van der Waals surface area (Å²) in [5.41, 5.74) is 0. The summed E-state index contributed by atoms with van der Waals surface area (Å²) in [6.07, 6.45) is 58.8. The van der Waals surface area contributed by atoms with Gasteiger partial charge in [-0.1, -0.05) is 187 Å². The number of carbonyl (C=O) groups excluding carboxylic acids is 3. The lowest BCUT2D eigenvalue weighted by Gasteiger charge is -2.18. The molecule has 0 spiro atoms. The largest absolute Gasteiger partial charge is 0.462 e. The third-order valence-corrected chi connectivity index (χ3v) is 7.88. The summed E-state index contributed by atoms with van der Waals surface area (Å²) < 4.78 is 16.5. The molecule has 304 valence electrons. The number of carbonyl (C=O) groups is 3. The van der Waals surface area contributed by atoms with Crippen LogP contribution >= 0.6 is 0 Å². The molecule has 0 N–H and O–H groups in total. The molecule has 0 aliphatic carbocycles. The van der Waals surface area contributed by atoms with Gasteiger partial charge >= 0.3 is 17.9 Å². The van der Waals surface area contributed by atoms with Crippen LogP contribution in [-0.2, 0) is 28.6 Å². The van der Waals surface area contributed by atoms with Gasteiger partial charge in [0.2, 0.25) is 0 Å². The first-order valence-electron chi connectivity index (χ1n) is 20.8. The lowest BCUT2D eigenvalue weighted by atomic mass is 10.1. The van der Waals surface area contributed by atoms with E-state index in [0.717, 1.165) is 57.8 Å². The molecule has 0 radical (unpaired) electrons. The molecule has 1 unspecified atom stereocenters. The molecule has 0 aliphatic heterocycles. The third kappa shape index (κ3) is 40.6. The van der Waals surface area contributed by atoms with Crippen LogP contribution in [0.3, 0.4) is 0 Å². The van der Waals surface area contributed by atoms with Crippen LogP contribution in [-0.4, -0.2) is 37.2 Å². The van der Waals surface area contributed by atoms with Crippen LogP contribution in [0.15, 0.2) is 134 Å². The van der Waals surface area contributed by atoms with Gasteiger partial charge in [0.25, 0.3) is 0 Å². The van der Waals surface area contributed by atoms with Crippen LogP contribution in [0.2, 0.25) is 0 Å². The zero-order valence-electron chi connectivity index (χ0n) is 34.4. The Bertz CT molecular complexity index is 1280. The monoisotopic (exact) mass is 757 g/mol. The van der Waals surface area contributed by atoms with E-state index in [1.807, 2.05) is 109 Å². The number of hydrogen-bond acceptors (Lipinski definition) is 6. The second-order valence-corrected chi connectivity index (χ2v) is 13.0. The average molecular weight is 757 g/mol. The van der Waals surface area contributed by atoms with Crippen LogP contribution in [0.1, 0.15) is 136 Å². The number of rotatable bonds is 34. The Morgan fingerprint density at radius 3 is 1.22 bits per heavy atom. The first-order valence-corrected chi connectivity index (χ1v) is 20.8. The molecular weight excluding hydrogens is 685 g/mol. The van der Waals surface area contributed by atoms with E-state index < -0.39 is 12.1 Å². The van der Waals surface area contributed by atoms with Gasteiger partial charge in [-0.3, -0.25) is 14.4 Å². The SMILES string of the molecule is CC\C=C/C=C\C=C/C=C\C=C/CCCC(=O)OCC(COC(=O)CCCCCCC/C=C\CCCC)OC(=O)CCC\C=C/C=C\C=C/C=C\C=C/CC. The highest BCUT2D eigenvalue weighted by Gasteiger charge is 2.19. The minimum absolute atomic E-state index is 0.140. The van der Waals surface area contributed by atoms with Crippen LogP contribution in [0, 0.1) is 0 Å². The predicted octanol–water partition coefficient (Wildman–Crippen LogP) is 13.2. The highest BCUT2D eigenvalue weighted by atomic mass is 16.6. The maximum absolute atomic E-state index is 12.6. The van der Waals surface area contributed by atoms with Crippen molar-refractivity contribution in [1.29, 1.82) is 0 Å². The van der Waals surface area contributed by atoms with Crippen LogP contribution < -0.4 is 0 Å². The zero-order valence-corrected chi connectivity index (χ0v) is 34.4. The van der Waals surface area contributed by atoms with E-state index in [1.54, 1.807) is 0 Å². The van der Waals surface area contributed by atoms with Crippen LogP contribution in [0.25, 0.3) is 0 Å². The van der Waals surface area contributed by atoms with Gasteiger partial charge in [-0.15, -0.1) is 0 Å². The van der Waals surface area contributed by atoms with Gasteiger partial charge in [-0.25, -0.2) is 0 Å². The number of unbranched alkanes of at least 4 members (excludes halogenated alkanes) is 9. The van der Waals surface area contributed by atoms with Gasteiger partial charge in [-0.2, -0.15) is 0 Å². The number of esters is 3. The van der Waals surface area contributed by atoms with Crippen molar-refractivity contribution in [3.63, 3.8) is 0 Å². The Kier molecular flexibility index (Phi) is 38.9. The van der Waals surface area contributed by atoms with Crippen molar-refractivity contribution in [2.45, 2.75) is 142 Å². The molecule has 0 saturated carbocycles. The van der Waals surface area contributed by atoms with E-state index in [9.17, 15) is 14.4 Å². The highest BCUT2D eigenvalue weighted by molar-refractivity contribution is 5.71. The van der Waals surface area contributed by atoms with Crippen molar-refractivity contribution in [3.8, 4) is 0 Å². The minimum atomic E-state index is -0.849. The van der Waals surface area contributed by atoms with Crippen LogP contribution in [0.5, 0.6) is 0 Å². The van der Waals surface area contributed by atoms with Gasteiger partial charge in [-0.05, 0) is 64.2 Å². The molecule has 6 nitrogen and oxygen atoms in total. The normalized spacial score (nSPS) is 13.4. The van der Waals surface area contributed by atoms with Crippen molar-refractivity contribution in [2.24, 2.45) is 0 Å². The van der Waals surface area contributed by atoms with Gasteiger partial charge in [0.15, 0.2) is 6.10 Å². The van der Waals surface area contributed by atoms with Gasteiger partial charge in [0.1, 0.15) is 13.2 Å². The number of allylic oxidation sites excluding steroid dienone is 22. The molecule has 0 heterocycles. The molecule has 0 fully saturated rings. The predicted molar refractivity (Wildman–Crippen MR) is 232 cm³/mol. The second kappa shape index (κ2) is 42.3. The van der Waals surface area contributed by atoms with Crippen molar-refractivity contribution >= 4 is 17.9 Å². The van der Waals surface area contributed by atoms with E-state index in [4.69, 9.17) is 14.2 Å². The Hall–Kier alpha value is -4.45. The smallest absolute Gasteiger partial charge is 0.306 e. The second-order valence-electron chi connectivity index (χ2n) is 13.0.